The van der Waals surface area contributed by atoms with Gasteiger partial charge in [-0.3, -0.25) is 0 Å². The number of carbonyl (C=O) groups excluding carboxylic acids is 1. The molecule has 1 aliphatic rings. The third-order valence-corrected chi connectivity index (χ3v) is 3.03. The maximum atomic E-state index is 11.5. The topological polar surface area (TPSA) is 29.5 Å². The van der Waals surface area contributed by atoms with Crippen molar-refractivity contribution in [3.8, 4) is 0 Å². The second kappa shape index (κ2) is 4.16. The fourth-order valence-electron chi connectivity index (χ4n) is 2.19. The molecule has 0 radical (unpaired) electrons. The smallest absolute Gasteiger partial charge is 0.328 e. The van der Waals surface area contributed by atoms with Crippen molar-refractivity contribution < 1.29 is 9.53 Å². The molecule has 1 aromatic carbocycles. The van der Waals surface area contributed by atoms with Gasteiger partial charge < -0.3 is 9.64 Å². The molecule has 1 saturated heterocycles. The minimum absolute atomic E-state index is 0.0915. The van der Waals surface area contributed by atoms with Crippen LogP contribution in [0.1, 0.15) is 17.5 Å². The number of hydrogen-bond acceptors (Lipinski definition) is 3. The van der Waals surface area contributed by atoms with Crippen molar-refractivity contribution in [2.75, 3.05) is 18.6 Å². The maximum absolute atomic E-state index is 11.5. The quantitative estimate of drug-likeness (QED) is 0.713. The van der Waals surface area contributed by atoms with E-state index in [0.717, 1.165) is 18.7 Å². The molecular formula is C13H17NO2. The molecule has 0 N–H and O–H groups in total. The summed E-state index contributed by atoms with van der Waals surface area (Å²) in [7, 11) is 1.44. The lowest BCUT2D eigenvalue weighted by molar-refractivity contribution is -0.143. The number of rotatable bonds is 2. The minimum atomic E-state index is -0.134. The van der Waals surface area contributed by atoms with Crippen LogP contribution in [0.5, 0.6) is 0 Å². The van der Waals surface area contributed by atoms with E-state index in [4.69, 9.17) is 4.74 Å². The third-order valence-electron chi connectivity index (χ3n) is 3.03. The molecule has 0 amide bonds. The van der Waals surface area contributed by atoms with Gasteiger partial charge in [0.05, 0.1) is 7.11 Å². The van der Waals surface area contributed by atoms with E-state index in [-0.39, 0.29) is 12.0 Å². The first-order valence-corrected chi connectivity index (χ1v) is 5.54. The van der Waals surface area contributed by atoms with Gasteiger partial charge in [-0.25, -0.2) is 4.79 Å². The van der Waals surface area contributed by atoms with E-state index < -0.39 is 0 Å². The summed E-state index contributed by atoms with van der Waals surface area (Å²) < 4.78 is 4.79. The molecule has 0 saturated carbocycles. The van der Waals surface area contributed by atoms with E-state index in [1.807, 2.05) is 0 Å². The highest BCUT2D eigenvalue weighted by Gasteiger charge is 2.35. The number of anilines is 1. The van der Waals surface area contributed by atoms with Crippen molar-refractivity contribution in [1.29, 1.82) is 0 Å². The predicted molar refractivity (Wildman–Crippen MR) is 63.7 cm³/mol. The summed E-state index contributed by atoms with van der Waals surface area (Å²) in [6.07, 6.45) is 0.889. The first kappa shape index (κ1) is 11.0. The van der Waals surface area contributed by atoms with Crippen molar-refractivity contribution in [1.82, 2.24) is 0 Å². The highest BCUT2D eigenvalue weighted by atomic mass is 16.5. The van der Waals surface area contributed by atoms with Gasteiger partial charge in [0, 0.05) is 12.2 Å². The number of methoxy groups -OCH3 is 1. The number of hydrogen-bond donors (Lipinski definition) is 0. The van der Waals surface area contributed by atoms with E-state index in [9.17, 15) is 4.79 Å². The van der Waals surface area contributed by atoms with Gasteiger partial charge in [-0.15, -0.1) is 0 Å². The van der Waals surface area contributed by atoms with E-state index in [2.05, 4.69) is 36.9 Å². The Morgan fingerprint density at radius 2 is 1.94 bits per heavy atom. The standard InChI is InChI=1S/C13H17NO2/c1-9-6-10(2)8-11(7-9)14-5-4-12(14)13(15)16-3/h6-8,12H,4-5H2,1-3H3. The van der Waals surface area contributed by atoms with Gasteiger partial charge >= 0.3 is 5.97 Å². The van der Waals surface area contributed by atoms with Gasteiger partial charge in [0.1, 0.15) is 6.04 Å². The van der Waals surface area contributed by atoms with E-state index in [1.54, 1.807) is 0 Å². The minimum Gasteiger partial charge on any atom is -0.467 e. The molecule has 1 aliphatic heterocycles. The molecule has 1 aromatic rings. The van der Waals surface area contributed by atoms with Crippen LogP contribution in [0.4, 0.5) is 5.69 Å². The second-order valence-electron chi connectivity index (χ2n) is 4.37. The summed E-state index contributed by atoms with van der Waals surface area (Å²) in [5, 5.41) is 0. The summed E-state index contributed by atoms with van der Waals surface area (Å²) in [5.41, 5.74) is 3.58. The van der Waals surface area contributed by atoms with Crippen LogP contribution in [0, 0.1) is 13.8 Å². The summed E-state index contributed by atoms with van der Waals surface area (Å²) in [4.78, 5) is 13.6. The molecule has 3 heteroatoms. The Kier molecular flexibility index (Phi) is 2.86. The van der Waals surface area contributed by atoms with Crippen LogP contribution in [0.2, 0.25) is 0 Å². The average Bonchev–Trinajstić information content (AvgIpc) is 2.14. The Bertz CT molecular complexity index is 394. The second-order valence-corrected chi connectivity index (χ2v) is 4.37. The molecule has 16 heavy (non-hydrogen) atoms. The van der Waals surface area contributed by atoms with Crippen LogP contribution in [-0.4, -0.2) is 25.7 Å². The van der Waals surface area contributed by atoms with E-state index in [0.29, 0.717) is 0 Å². The van der Waals surface area contributed by atoms with Gasteiger partial charge in [-0.1, -0.05) is 6.07 Å². The Labute approximate surface area is 96.0 Å². The number of carbonyl (C=O) groups is 1. The predicted octanol–water partition coefficient (Wildman–Crippen LogP) is 2.06. The molecule has 86 valence electrons. The lowest BCUT2D eigenvalue weighted by atomic mass is 10.0. The van der Waals surface area contributed by atoms with Crippen molar-refractivity contribution >= 4 is 11.7 Å². The van der Waals surface area contributed by atoms with Crippen molar-refractivity contribution in [3.63, 3.8) is 0 Å². The molecule has 0 bridgehead atoms. The number of ether oxygens (including phenoxy) is 1. The van der Waals surface area contributed by atoms with Crippen LogP contribution >= 0.6 is 0 Å². The molecule has 1 fully saturated rings. The molecule has 2 rings (SSSR count). The molecule has 0 aliphatic carbocycles. The molecule has 1 unspecified atom stereocenters. The molecular weight excluding hydrogens is 202 g/mol. The van der Waals surface area contributed by atoms with Crippen LogP contribution in [-0.2, 0) is 9.53 Å². The number of esters is 1. The maximum Gasteiger partial charge on any atom is 0.328 e. The van der Waals surface area contributed by atoms with E-state index >= 15 is 0 Å². The normalized spacial score (nSPS) is 19.2. The van der Waals surface area contributed by atoms with Crippen LogP contribution in [0.3, 0.4) is 0 Å². The van der Waals surface area contributed by atoms with Crippen molar-refractivity contribution in [2.45, 2.75) is 26.3 Å². The summed E-state index contributed by atoms with van der Waals surface area (Å²) in [6, 6.07) is 6.27. The molecule has 1 atom stereocenters. The Hall–Kier alpha value is -1.51. The number of benzene rings is 1. The summed E-state index contributed by atoms with van der Waals surface area (Å²) in [6.45, 7) is 5.08. The van der Waals surface area contributed by atoms with Gasteiger partial charge in [0.25, 0.3) is 0 Å². The molecule has 0 aromatic heterocycles. The Morgan fingerprint density at radius 3 is 2.38 bits per heavy atom. The fraction of sp³-hybridized carbons (Fsp3) is 0.462. The zero-order chi connectivity index (χ0) is 11.7. The number of nitrogens with zero attached hydrogens (tertiary/aromatic N) is 1. The summed E-state index contributed by atoms with van der Waals surface area (Å²) >= 11 is 0. The van der Waals surface area contributed by atoms with E-state index in [1.165, 1.54) is 18.2 Å². The summed E-state index contributed by atoms with van der Waals surface area (Å²) in [5.74, 6) is -0.134. The van der Waals surface area contributed by atoms with Crippen LogP contribution in [0.15, 0.2) is 18.2 Å². The molecule has 0 spiro atoms. The number of aryl methyl sites for hydroxylation is 2. The largest absolute Gasteiger partial charge is 0.467 e. The zero-order valence-corrected chi connectivity index (χ0v) is 9.99. The Balaban J connectivity index is 2.21. The van der Waals surface area contributed by atoms with Crippen LogP contribution in [0.25, 0.3) is 0 Å². The SMILES string of the molecule is COC(=O)C1CCN1c1cc(C)cc(C)c1. The van der Waals surface area contributed by atoms with Gasteiger partial charge in [-0.2, -0.15) is 0 Å². The van der Waals surface area contributed by atoms with Crippen molar-refractivity contribution in [2.24, 2.45) is 0 Å². The van der Waals surface area contributed by atoms with Gasteiger partial charge in [0.15, 0.2) is 0 Å². The molecule has 1 heterocycles. The van der Waals surface area contributed by atoms with Crippen LogP contribution < -0.4 is 4.90 Å². The average molecular weight is 219 g/mol. The lowest BCUT2D eigenvalue weighted by Gasteiger charge is -2.41. The third kappa shape index (κ3) is 1.90. The van der Waals surface area contributed by atoms with Gasteiger partial charge in [0.2, 0.25) is 0 Å². The van der Waals surface area contributed by atoms with Crippen molar-refractivity contribution in [3.05, 3.63) is 29.3 Å². The Morgan fingerprint density at radius 1 is 1.31 bits per heavy atom. The first-order chi connectivity index (χ1) is 7.61. The lowest BCUT2D eigenvalue weighted by Crippen LogP contribution is -2.53. The zero-order valence-electron chi connectivity index (χ0n) is 9.99. The van der Waals surface area contributed by atoms with Gasteiger partial charge in [-0.05, 0) is 43.5 Å². The molecule has 3 nitrogen and oxygen atoms in total. The fourth-order valence-corrected chi connectivity index (χ4v) is 2.19. The highest BCUT2D eigenvalue weighted by Crippen LogP contribution is 2.28. The highest BCUT2D eigenvalue weighted by molar-refractivity contribution is 5.82. The first-order valence-electron chi connectivity index (χ1n) is 5.54. The monoisotopic (exact) mass is 219 g/mol.